The Morgan fingerprint density at radius 1 is 1.59 bits per heavy atom. The van der Waals surface area contributed by atoms with E-state index in [1.165, 1.54) is 0 Å². The van der Waals surface area contributed by atoms with Gasteiger partial charge in [-0.2, -0.15) is 5.26 Å². The molecule has 1 rings (SSSR count). The van der Waals surface area contributed by atoms with Crippen molar-refractivity contribution in [3.8, 4) is 6.07 Å². The van der Waals surface area contributed by atoms with Gasteiger partial charge in [-0.3, -0.25) is 4.79 Å². The van der Waals surface area contributed by atoms with Gasteiger partial charge in [-0.15, -0.1) is 0 Å². The number of nitrogens with zero attached hydrogens (tertiary/aromatic N) is 2. The summed E-state index contributed by atoms with van der Waals surface area (Å²) in [6, 6.07) is 6.97. The Balaban J connectivity index is 2.70. The van der Waals surface area contributed by atoms with Crippen molar-refractivity contribution < 1.29 is 4.79 Å². The van der Waals surface area contributed by atoms with E-state index in [4.69, 9.17) is 16.9 Å². The highest BCUT2D eigenvalue weighted by atomic mass is 35.5. The van der Waals surface area contributed by atoms with Crippen LogP contribution in [0.1, 0.15) is 12.5 Å². The molecule has 0 aliphatic carbocycles. The zero-order valence-electron chi connectivity index (χ0n) is 9.83. The van der Waals surface area contributed by atoms with E-state index >= 15 is 0 Å². The molecule has 0 aliphatic rings. The van der Waals surface area contributed by atoms with Gasteiger partial charge >= 0.3 is 0 Å². The Hall–Kier alpha value is -1.73. The highest BCUT2D eigenvalue weighted by molar-refractivity contribution is 6.30. The molecule has 0 fully saturated rings. The van der Waals surface area contributed by atoms with Gasteiger partial charge < -0.3 is 10.2 Å². The first-order valence-corrected chi connectivity index (χ1v) is 5.63. The fraction of sp³-hybridized carbons (Fsp3) is 0.333. The Morgan fingerprint density at radius 2 is 2.29 bits per heavy atom. The molecule has 0 aliphatic heterocycles. The number of halogens is 1. The maximum Gasteiger partial charge on any atom is 0.241 e. The normalized spacial score (nSPS) is 9.53. The van der Waals surface area contributed by atoms with Gasteiger partial charge in [0, 0.05) is 18.6 Å². The fourth-order valence-corrected chi connectivity index (χ4v) is 1.42. The Labute approximate surface area is 106 Å². The Kier molecular flexibility index (Phi) is 4.80. The van der Waals surface area contributed by atoms with E-state index in [1.54, 1.807) is 30.1 Å². The van der Waals surface area contributed by atoms with Gasteiger partial charge in [0.05, 0.1) is 17.8 Å². The lowest BCUT2D eigenvalue weighted by Crippen LogP contribution is -2.32. The second-order valence-electron chi connectivity index (χ2n) is 3.56. The third-order valence-corrected chi connectivity index (χ3v) is 2.67. The summed E-state index contributed by atoms with van der Waals surface area (Å²) in [7, 11) is 1.73. The minimum absolute atomic E-state index is 0.0219. The molecule has 0 unspecified atom stereocenters. The van der Waals surface area contributed by atoms with Crippen molar-refractivity contribution >= 4 is 23.2 Å². The van der Waals surface area contributed by atoms with Gasteiger partial charge in [0.2, 0.25) is 5.91 Å². The van der Waals surface area contributed by atoms with Crippen LogP contribution in [0.4, 0.5) is 5.69 Å². The van der Waals surface area contributed by atoms with Crippen molar-refractivity contribution in [1.29, 1.82) is 5.26 Å². The molecule has 0 saturated heterocycles. The number of likely N-dealkylation sites (N-methyl/N-ethyl adjacent to an activating group) is 1. The van der Waals surface area contributed by atoms with Gasteiger partial charge in [0.25, 0.3) is 0 Å². The Bertz CT molecular complexity index is 454. The van der Waals surface area contributed by atoms with Gasteiger partial charge in [-0.05, 0) is 25.1 Å². The highest BCUT2D eigenvalue weighted by Gasteiger charge is 2.08. The van der Waals surface area contributed by atoms with E-state index in [0.717, 1.165) is 0 Å². The standard InChI is InChI=1S/C12H14ClN3O/c1-3-16(2)12(17)8-15-11-5-4-10(13)6-9(11)7-14/h4-6,15H,3,8H2,1-2H3. The van der Waals surface area contributed by atoms with Gasteiger partial charge in [-0.1, -0.05) is 11.6 Å². The van der Waals surface area contributed by atoms with Gasteiger partial charge in [0.15, 0.2) is 0 Å². The number of nitrogens with one attached hydrogen (secondary N) is 1. The number of amides is 1. The van der Waals surface area contributed by atoms with Crippen molar-refractivity contribution in [1.82, 2.24) is 4.90 Å². The molecule has 5 heteroatoms. The van der Waals surface area contributed by atoms with Gasteiger partial charge in [0.1, 0.15) is 6.07 Å². The summed E-state index contributed by atoms with van der Waals surface area (Å²) in [5.74, 6) is -0.0219. The molecule has 17 heavy (non-hydrogen) atoms. The summed E-state index contributed by atoms with van der Waals surface area (Å²) in [6.45, 7) is 2.73. The molecular formula is C12H14ClN3O. The fourth-order valence-electron chi connectivity index (χ4n) is 1.25. The lowest BCUT2D eigenvalue weighted by atomic mass is 10.2. The van der Waals surface area contributed by atoms with E-state index in [9.17, 15) is 4.79 Å². The molecule has 1 aromatic rings. The second kappa shape index (κ2) is 6.12. The van der Waals surface area contributed by atoms with Crippen LogP contribution in [0.15, 0.2) is 18.2 Å². The molecule has 0 spiro atoms. The van der Waals surface area contributed by atoms with Crippen LogP contribution in [-0.4, -0.2) is 30.9 Å². The number of anilines is 1. The highest BCUT2D eigenvalue weighted by Crippen LogP contribution is 2.19. The summed E-state index contributed by atoms with van der Waals surface area (Å²) in [5.41, 5.74) is 1.05. The topological polar surface area (TPSA) is 56.1 Å². The molecule has 4 nitrogen and oxygen atoms in total. The summed E-state index contributed by atoms with van der Waals surface area (Å²) in [5, 5.41) is 12.4. The predicted molar refractivity (Wildman–Crippen MR) is 68.0 cm³/mol. The first-order valence-electron chi connectivity index (χ1n) is 5.26. The largest absolute Gasteiger partial charge is 0.375 e. The molecule has 1 N–H and O–H groups in total. The third-order valence-electron chi connectivity index (χ3n) is 2.43. The van der Waals surface area contributed by atoms with E-state index in [2.05, 4.69) is 5.32 Å². The quantitative estimate of drug-likeness (QED) is 0.892. The number of carbonyl (C=O) groups is 1. The van der Waals surface area contributed by atoms with Crippen molar-refractivity contribution in [2.45, 2.75) is 6.92 Å². The molecule has 0 bridgehead atoms. The summed E-state index contributed by atoms with van der Waals surface area (Å²) in [4.78, 5) is 13.2. The molecular weight excluding hydrogens is 238 g/mol. The van der Waals surface area contributed by atoms with Crippen molar-refractivity contribution in [2.75, 3.05) is 25.5 Å². The second-order valence-corrected chi connectivity index (χ2v) is 4.00. The number of nitriles is 1. The monoisotopic (exact) mass is 251 g/mol. The minimum Gasteiger partial charge on any atom is -0.375 e. The first kappa shape index (κ1) is 13.3. The SMILES string of the molecule is CCN(C)C(=O)CNc1ccc(Cl)cc1C#N. The summed E-state index contributed by atoms with van der Waals surface area (Å²) < 4.78 is 0. The number of hydrogen-bond acceptors (Lipinski definition) is 3. The molecule has 1 amide bonds. The molecule has 1 aromatic carbocycles. The molecule has 0 radical (unpaired) electrons. The van der Waals surface area contributed by atoms with E-state index in [-0.39, 0.29) is 12.5 Å². The zero-order valence-corrected chi connectivity index (χ0v) is 10.6. The average molecular weight is 252 g/mol. The third kappa shape index (κ3) is 3.65. The summed E-state index contributed by atoms with van der Waals surface area (Å²) in [6.07, 6.45) is 0. The molecule has 0 aromatic heterocycles. The smallest absolute Gasteiger partial charge is 0.241 e. The minimum atomic E-state index is -0.0219. The number of benzene rings is 1. The molecule has 90 valence electrons. The Morgan fingerprint density at radius 3 is 2.88 bits per heavy atom. The molecule has 0 atom stereocenters. The lowest BCUT2D eigenvalue weighted by molar-refractivity contribution is -0.127. The predicted octanol–water partition coefficient (Wildman–Crippen LogP) is 2.10. The number of rotatable bonds is 4. The van der Waals surface area contributed by atoms with E-state index in [0.29, 0.717) is 22.8 Å². The van der Waals surface area contributed by atoms with E-state index < -0.39 is 0 Å². The van der Waals surface area contributed by atoms with Crippen molar-refractivity contribution in [3.05, 3.63) is 28.8 Å². The maximum absolute atomic E-state index is 11.6. The summed E-state index contributed by atoms with van der Waals surface area (Å²) >= 11 is 5.78. The van der Waals surface area contributed by atoms with Crippen LogP contribution in [0.5, 0.6) is 0 Å². The van der Waals surface area contributed by atoms with Crippen LogP contribution in [0.3, 0.4) is 0 Å². The van der Waals surface area contributed by atoms with Crippen LogP contribution in [0, 0.1) is 11.3 Å². The van der Waals surface area contributed by atoms with Gasteiger partial charge in [-0.25, -0.2) is 0 Å². The van der Waals surface area contributed by atoms with Crippen LogP contribution < -0.4 is 5.32 Å². The molecule has 0 heterocycles. The number of carbonyl (C=O) groups excluding carboxylic acids is 1. The van der Waals surface area contributed by atoms with Crippen molar-refractivity contribution in [2.24, 2.45) is 0 Å². The number of hydrogen-bond donors (Lipinski definition) is 1. The first-order chi connectivity index (χ1) is 8.08. The van der Waals surface area contributed by atoms with Crippen LogP contribution in [0.2, 0.25) is 5.02 Å². The van der Waals surface area contributed by atoms with Crippen LogP contribution in [-0.2, 0) is 4.79 Å². The molecule has 0 saturated carbocycles. The van der Waals surface area contributed by atoms with E-state index in [1.807, 2.05) is 13.0 Å². The van der Waals surface area contributed by atoms with Crippen molar-refractivity contribution in [3.63, 3.8) is 0 Å². The van der Waals surface area contributed by atoms with Crippen LogP contribution in [0.25, 0.3) is 0 Å². The zero-order chi connectivity index (χ0) is 12.8. The maximum atomic E-state index is 11.6. The average Bonchev–Trinajstić information content (AvgIpc) is 2.35. The van der Waals surface area contributed by atoms with Crippen LogP contribution >= 0.6 is 11.6 Å². The lowest BCUT2D eigenvalue weighted by Gasteiger charge is -2.15.